The summed E-state index contributed by atoms with van der Waals surface area (Å²) in [4.78, 5) is 26.9. The normalized spacial score (nSPS) is 11.7. The van der Waals surface area contributed by atoms with Gasteiger partial charge in [-0.25, -0.2) is 0 Å². The highest BCUT2D eigenvalue weighted by atomic mass is 16.1. The van der Waals surface area contributed by atoms with Gasteiger partial charge in [-0.2, -0.15) is 5.26 Å². The summed E-state index contributed by atoms with van der Waals surface area (Å²) in [6, 6.07) is 8.08. The molecule has 0 spiro atoms. The van der Waals surface area contributed by atoms with E-state index in [9.17, 15) is 9.59 Å². The van der Waals surface area contributed by atoms with Crippen molar-refractivity contribution < 1.29 is 4.79 Å². The number of H-pyrrole nitrogens is 1. The van der Waals surface area contributed by atoms with E-state index in [4.69, 9.17) is 5.26 Å². The summed E-state index contributed by atoms with van der Waals surface area (Å²) in [5.41, 5.74) is 5.39. The van der Waals surface area contributed by atoms with Crippen LogP contribution in [0.1, 0.15) is 58.5 Å². The number of aryl methyl sites for hydroxylation is 3. The molecule has 0 radical (unpaired) electrons. The van der Waals surface area contributed by atoms with Gasteiger partial charge < -0.3 is 10.3 Å². The minimum atomic E-state index is -0.376. The Morgan fingerprint density at radius 2 is 1.96 bits per heavy atom. The van der Waals surface area contributed by atoms with Crippen LogP contribution in [0.5, 0.6) is 0 Å². The van der Waals surface area contributed by atoms with E-state index >= 15 is 0 Å². The predicted octanol–water partition coefficient (Wildman–Crippen LogP) is 3.29. The third kappa shape index (κ3) is 4.20. The Bertz CT molecular complexity index is 935. The highest BCUT2D eigenvalue weighted by molar-refractivity contribution is 5.76. The van der Waals surface area contributed by atoms with E-state index in [1.807, 2.05) is 26.8 Å². The minimum absolute atomic E-state index is 0.0538. The number of nitrogens with zero attached hydrogens (tertiary/aromatic N) is 1. The van der Waals surface area contributed by atoms with Crippen LogP contribution in [-0.4, -0.2) is 10.9 Å². The van der Waals surface area contributed by atoms with Crippen LogP contribution < -0.4 is 10.9 Å². The van der Waals surface area contributed by atoms with Crippen LogP contribution in [-0.2, 0) is 11.2 Å². The molecule has 0 bridgehead atoms. The van der Waals surface area contributed by atoms with Crippen LogP contribution in [0.4, 0.5) is 0 Å². The monoisotopic (exact) mass is 351 g/mol. The molecule has 2 rings (SSSR count). The molecule has 0 saturated carbocycles. The zero-order valence-corrected chi connectivity index (χ0v) is 16.0. The Labute approximate surface area is 154 Å². The molecule has 1 aromatic heterocycles. The Morgan fingerprint density at radius 3 is 2.62 bits per heavy atom. The van der Waals surface area contributed by atoms with Gasteiger partial charge in [0.05, 0.1) is 6.04 Å². The van der Waals surface area contributed by atoms with Crippen molar-refractivity contribution >= 4 is 5.91 Å². The Balaban J connectivity index is 2.09. The molecule has 26 heavy (non-hydrogen) atoms. The number of nitrogens with one attached hydrogen (secondary N) is 2. The SMILES string of the molecule is Cc1ccc(C)c([C@@H](C)NC(=O)CCc2c(C)[nH]c(=O)c(C#N)c2C)c1. The number of pyridine rings is 1. The van der Waals surface area contributed by atoms with Crippen molar-refractivity contribution in [1.82, 2.24) is 10.3 Å². The molecular weight excluding hydrogens is 326 g/mol. The number of hydrogen-bond donors (Lipinski definition) is 2. The molecular formula is C21H25N3O2. The Hall–Kier alpha value is -2.87. The highest BCUT2D eigenvalue weighted by Gasteiger charge is 2.15. The van der Waals surface area contributed by atoms with Crippen molar-refractivity contribution in [3.05, 3.63) is 67.6 Å². The van der Waals surface area contributed by atoms with E-state index in [-0.39, 0.29) is 23.1 Å². The van der Waals surface area contributed by atoms with Gasteiger partial charge in [-0.15, -0.1) is 0 Å². The molecule has 1 amide bonds. The first-order valence-electron chi connectivity index (χ1n) is 8.73. The molecule has 0 aliphatic heterocycles. The van der Waals surface area contributed by atoms with Crippen LogP contribution in [0.15, 0.2) is 23.0 Å². The van der Waals surface area contributed by atoms with Gasteiger partial charge in [0, 0.05) is 12.1 Å². The van der Waals surface area contributed by atoms with Crippen LogP contribution in [0.3, 0.4) is 0 Å². The number of benzene rings is 1. The third-order valence-electron chi connectivity index (χ3n) is 4.80. The van der Waals surface area contributed by atoms with Crippen molar-refractivity contribution in [2.75, 3.05) is 0 Å². The number of hydrogen-bond acceptors (Lipinski definition) is 3. The van der Waals surface area contributed by atoms with E-state index in [2.05, 4.69) is 28.5 Å². The smallest absolute Gasteiger partial charge is 0.266 e. The maximum absolute atomic E-state index is 12.4. The van der Waals surface area contributed by atoms with Crippen LogP contribution in [0, 0.1) is 39.0 Å². The van der Waals surface area contributed by atoms with E-state index in [1.54, 1.807) is 13.8 Å². The second-order valence-corrected chi connectivity index (χ2v) is 6.82. The van der Waals surface area contributed by atoms with E-state index in [0.29, 0.717) is 24.1 Å². The summed E-state index contributed by atoms with van der Waals surface area (Å²) < 4.78 is 0. The number of carbonyl (C=O) groups excluding carboxylic acids is 1. The molecule has 1 atom stereocenters. The van der Waals surface area contributed by atoms with Crippen LogP contribution >= 0.6 is 0 Å². The topological polar surface area (TPSA) is 85.8 Å². The lowest BCUT2D eigenvalue weighted by Crippen LogP contribution is -2.27. The molecule has 0 unspecified atom stereocenters. The van der Waals surface area contributed by atoms with Crippen LogP contribution in [0.25, 0.3) is 0 Å². The first kappa shape index (κ1) is 19.5. The number of aromatic amines is 1. The van der Waals surface area contributed by atoms with Crippen molar-refractivity contribution in [1.29, 1.82) is 5.26 Å². The van der Waals surface area contributed by atoms with Crippen molar-refractivity contribution in [2.45, 2.75) is 53.5 Å². The van der Waals surface area contributed by atoms with Gasteiger partial charge in [0.1, 0.15) is 11.6 Å². The van der Waals surface area contributed by atoms with Crippen molar-refractivity contribution in [2.24, 2.45) is 0 Å². The molecule has 136 valence electrons. The summed E-state index contributed by atoms with van der Waals surface area (Å²) in [6.07, 6.45) is 0.780. The molecule has 0 fully saturated rings. The number of rotatable bonds is 5. The van der Waals surface area contributed by atoms with Gasteiger partial charge >= 0.3 is 0 Å². The lowest BCUT2D eigenvalue weighted by Gasteiger charge is -2.18. The summed E-state index contributed by atoms with van der Waals surface area (Å²) >= 11 is 0. The van der Waals surface area contributed by atoms with Gasteiger partial charge in [0.25, 0.3) is 5.56 Å². The molecule has 0 aliphatic rings. The minimum Gasteiger partial charge on any atom is -0.350 e. The maximum atomic E-state index is 12.4. The van der Waals surface area contributed by atoms with Crippen molar-refractivity contribution in [3.8, 4) is 6.07 Å². The fourth-order valence-electron chi connectivity index (χ4n) is 3.28. The van der Waals surface area contributed by atoms with Crippen molar-refractivity contribution in [3.63, 3.8) is 0 Å². The van der Waals surface area contributed by atoms with Gasteiger partial charge in [-0.1, -0.05) is 23.8 Å². The highest BCUT2D eigenvalue weighted by Crippen LogP contribution is 2.20. The standard InChI is InChI=1S/C21H25N3O2/c1-12-6-7-13(2)18(10-12)16(5)23-20(25)9-8-17-14(3)19(11-22)21(26)24-15(17)4/h6-7,10,16H,8-9H2,1-5H3,(H,23,25)(H,24,26)/t16-/m1/s1. The predicted molar refractivity (Wildman–Crippen MR) is 102 cm³/mol. The number of carbonyl (C=O) groups is 1. The molecule has 1 heterocycles. The second kappa shape index (κ2) is 8.01. The van der Waals surface area contributed by atoms with Gasteiger partial charge in [-0.05, 0) is 63.3 Å². The number of amides is 1. The number of nitriles is 1. The fourth-order valence-corrected chi connectivity index (χ4v) is 3.28. The largest absolute Gasteiger partial charge is 0.350 e. The molecule has 1 aromatic carbocycles. The summed E-state index contributed by atoms with van der Waals surface area (Å²) in [5.74, 6) is -0.0538. The summed E-state index contributed by atoms with van der Waals surface area (Å²) in [6.45, 7) is 9.60. The average molecular weight is 351 g/mol. The first-order valence-corrected chi connectivity index (χ1v) is 8.73. The zero-order valence-electron chi connectivity index (χ0n) is 16.0. The molecule has 0 aliphatic carbocycles. The second-order valence-electron chi connectivity index (χ2n) is 6.82. The Kier molecular flexibility index (Phi) is 5.99. The van der Waals surface area contributed by atoms with Gasteiger partial charge in [0.2, 0.25) is 5.91 Å². The number of aromatic nitrogens is 1. The van der Waals surface area contributed by atoms with Crippen LogP contribution in [0.2, 0.25) is 0 Å². The lowest BCUT2D eigenvalue weighted by molar-refractivity contribution is -0.121. The van der Waals surface area contributed by atoms with E-state index < -0.39 is 0 Å². The quantitative estimate of drug-likeness (QED) is 0.867. The van der Waals surface area contributed by atoms with Gasteiger partial charge in [-0.3, -0.25) is 9.59 Å². The third-order valence-corrected chi connectivity index (χ3v) is 4.80. The van der Waals surface area contributed by atoms with E-state index in [1.165, 1.54) is 0 Å². The molecule has 2 aromatic rings. The summed E-state index contributed by atoms with van der Waals surface area (Å²) in [5, 5.41) is 12.2. The maximum Gasteiger partial charge on any atom is 0.266 e. The zero-order chi connectivity index (χ0) is 19.4. The lowest BCUT2D eigenvalue weighted by atomic mass is 9.98. The first-order chi connectivity index (χ1) is 12.2. The fraction of sp³-hybridized carbons (Fsp3) is 0.381. The molecule has 5 nitrogen and oxygen atoms in total. The molecule has 0 saturated heterocycles. The van der Waals surface area contributed by atoms with E-state index in [0.717, 1.165) is 22.3 Å². The summed E-state index contributed by atoms with van der Waals surface area (Å²) in [7, 11) is 0. The molecule has 2 N–H and O–H groups in total. The van der Waals surface area contributed by atoms with Gasteiger partial charge in [0.15, 0.2) is 0 Å². The average Bonchev–Trinajstić information content (AvgIpc) is 2.56. The Morgan fingerprint density at radius 1 is 1.27 bits per heavy atom. The molecule has 5 heteroatoms.